The Hall–Kier alpha value is 0.310. The zero-order valence-electron chi connectivity index (χ0n) is 6.21. The SMILES string of the molecule is C1COC(C2CCSC2)C1. The summed E-state index contributed by atoms with van der Waals surface area (Å²) in [6.45, 7) is 1.02. The highest BCUT2D eigenvalue weighted by atomic mass is 32.2. The van der Waals surface area contributed by atoms with Gasteiger partial charge in [-0.1, -0.05) is 0 Å². The minimum atomic E-state index is 0.634. The predicted octanol–water partition coefficient (Wildman–Crippen LogP) is 1.92. The highest BCUT2D eigenvalue weighted by Crippen LogP contribution is 2.31. The molecule has 2 rings (SSSR count). The van der Waals surface area contributed by atoms with Gasteiger partial charge in [0.1, 0.15) is 0 Å². The summed E-state index contributed by atoms with van der Waals surface area (Å²) < 4.78 is 5.62. The van der Waals surface area contributed by atoms with Crippen molar-refractivity contribution in [3.05, 3.63) is 0 Å². The molecule has 0 radical (unpaired) electrons. The van der Waals surface area contributed by atoms with E-state index in [1.807, 2.05) is 0 Å². The van der Waals surface area contributed by atoms with Crippen LogP contribution in [0.1, 0.15) is 19.3 Å². The second kappa shape index (κ2) is 3.14. The average Bonchev–Trinajstić information content (AvgIpc) is 2.59. The smallest absolute Gasteiger partial charge is 0.0612 e. The van der Waals surface area contributed by atoms with Crippen LogP contribution in [0.4, 0.5) is 0 Å². The van der Waals surface area contributed by atoms with E-state index in [4.69, 9.17) is 4.74 Å². The maximum Gasteiger partial charge on any atom is 0.0612 e. The number of ether oxygens (including phenoxy) is 1. The lowest BCUT2D eigenvalue weighted by molar-refractivity contribution is 0.0721. The van der Waals surface area contributed by atoms with E-state index in [9.17, 15) is 0 Å². The third-order valence-corrected chi connectivity index (χ3v) is 3.64. The molecular formula is C8H14OS. The first-order valence-electron chi connectivity index (χ1n) is 4.16. The fourth-order valence-electron chi connectivity index (χ4n) is 1.82. The van der Waals surface area contributed by atoms with Crippen molar-refractivity contribution in [1.82, 2.24) is 0 Å². The molecule has 0 spiro atoms. The number of rotatable bonds is 1. The molecule has 0 N–H and O–H groups in total. The molecule has 0 bridgehead atoms. The zero-order chi connectivity index (χ0) is 6.81. The molecule has 2 aliphatic heterocycles. The molecule has 0 aromatic rings. The van der Waals surface area contributed by atoms with E-state index in [1.54, 1.807) is 0 Å². The van der Waals surface area contributed by atoms with Crippen LogP contribution >= 0.6 is 11.8 Å². The molecule has 2 atom stereocenters. The van der Waals surface area contributed by atoms with Crippen molar-refractivity contribution >= 4 is 11.8 Å². The lowest BCUT2D eigenvalue weighted by Gasteiger charge is -2.15. The first-order valence-corrected chi connectivity index (χ1v) is 5.31. The van der Waals surface area contributed by atoms with Gasteiger partial charge in [0.05, 0.1) is 6.10 Å². The lowest BCUT2D eigenvalue weighted by Crippen LogP contribution is -2.18. The Morgan fingerprint density at radius 2 is 2.30 bits per heavy atom. The van der Waals surface area contributed by atoms with Gasteiger partial charge >= 0.3 is 0 Å². The second-order valence-corrected chi connectivity index (χ2v) is 4.32. The number of hydrogen-bond donors (Lipinski definition) is 0. The van der Waals surface area contributed by atoms with E-state index in [1.165, 1.54) is 30.8 Å². The van der Waals surface area contributed by atoms with Crippen LogP contribution in [-0.2, 0) is 4.74 Å². The third-order valence-electron chi connectivity index (χ3n) is 2.46. The second-order valence-electron chi connectivity index (χ2n) is 3.18. The van der Waals surface area contributed by atoms with Crippen molar-refractivity contribution in [2.75, 3.05) is 18.1 Å². The van der Waals surface area contributed by atoms with Crippen LogP contribution in [-0.4, -0.2) is 24.2 Å². The lowest BCUT2D eigenvalue weighted by atomic mass is 10.00. The van der Waals surface area contributed by atoms with E-state index < -0.39 is 0 Å². The van der Waals surface area contributed by atoms with Crippen LogP contribution in [0.3, 0.4) is 0 Å². The topological polar surface area (TPSA) is 9.23 Å². The van der Waals surface area contributed by atoms with E-state index in [2.05, 4.69) is 11.8 Å². The van der Waals surface area contributed by atoms with E-state index in [0.29, 0.717) is 6.10 Å². The Morgan fingerprint density at radius 1 is 1.30 bits per heavy atom. The maximum absolute atomic E-state index is 5.62. The summed E-state index contributed by atoms with van der Waals surface area (Å²) in [5.41, 5.74) is 0. The molecule has 0 saturated carbocycles. The van der Waals surface area contributed by atoms with Crippen molar-refractivity contribution in [2.24, 2.45) is 5.92 Å². The molecule has 0 aliphatic carbocycles. The molecule has 58 valence electrons. The maximum atomic E-state index is 5.62. The predicted molar refractivity (Wildman–Crippen MR) is 44.4 cm³/mol. The molecule has 0 amide bonds. The van der Waals surface area contributed by atoms with Gasteiger partial charge in [-0.3, -0.25) is 0 Å². The van der Waals surface area contributed by atoms with Crippen LogP contribution in [0, 0.1) is 5.92 Å². The molecule has 2 aliphatic rings. The minimum Gasteiger partial charge on any atom is -0.378 e. The largest absolute Gasteiger partial charge is 0.378 e. The fraction of sp³-hybridized carbons (Fsp3) is 1.00. The summed E-state index contributed by atoms with van der Waals surface area (Å²) in [4.78, 5) is 0. The van der Waals surface area contributed by atoms with Crippen molar-refractivity contribution in [2.45, 2.75) is 25.4 Å². The van der Waals surface area contributed by atoms with Crippen molar-refractivity contribution in [3.63, 3.8) is 0 Å². The molecule has 2 heteroatoms. The van der Waals surface area contributed by atoms with E-state index in [-0.39, 0.29) is 0 Å². The average molecular weight is 158 g/mol. The molecule has 2 saturated heterocycles. The molecule has 2 heterocycles. The van der Waals surface area contributed by atoms with Crippen LogP contribution in [0.15, 0.2) is 0 Å². The van der Waals surface area contributed by atoms with E-state index in [0.717, 1.165) is 12.5 Å². The molecule has 2 unspecified atom stereocenters. The van der Waals surface area contributed by atoms with Gasteiger partial charge in [-0.05, 0) is 36.7 Å². The summed E-state index contributed by atoms with van der Waals surface area (Å²) in [6.07, 6.45) is 4.65. The standard InChI is InChI=1S/C8H14OS/c1-2-8(9-4-1)7-3-5-10-6-7/h7-8H,1-6H2. The summed E-state index contributed by atoms with van der Waals surface area (Å²) in [5, 5.41) is 0. The molecule has 10 heavy (non-hydrogen) atoms. The Balaban J connectivity index is 1.85. The van der Waals surface area contributed by atoms with Gasteiger partial charge in [-0.2, -0.15) is 11.8 Å². The van der Waals surface area contributed by atoms with Crippen molar-refractivity contribution in [3.8, 4) is 0 Å². The number of thioether (sulfide) groups is 1. The zero-order valence-corrected chi connectivity index (χ0v) is 7.03. The highest BCUT2D eigenvalue weighted by molar-refractivity contribution is 7.99. The first-order chi connectivity index (χ1) is 4.97. The van der Waals surface area contributed by atoms with Gasteiger partial charge in [-0.15, -0.1) is 0 Å². The quantitative estimate of drug-likeness (QED) is 0.576. The van der Waals surface area contributed by atoms with Gasteiger partial charge in [0.15, 0.2) is 0 Å². The molecule has 2 fully saturated rings. The van der Waals surface area contributed by atoms with Gasteiger partial charge in [0.2, 0.25) is 0 Å². The highest BCUT2D eigenvalue weighted by Gasteiger charge is 2.28. The fourth-order valence-corrected chi connectivity index (χ4v) is 3.14. The Bertz CT molecular complexity index is 89.8. The van der Waals surface area contributed by atoms with Crippen LogP contribution in [0.5, 0.6) is 0 Å². The van der Waals surface area contributed by atoms with Crippen LogP contribution in [0.25, 0.3) is 0 Å². The van der Waals surface area contributed by atoms with Crippen molar-refractivity contribution in [1.29, 1.82) is 0 Å². The minimum absolute atomic E-state index is 0.634. The summed E-state index contributed by atoms with van der Waals surface area (Å²) in [5.74, 6) is 3.61. The Kier molecular flexibility index (Phi) is 2.19. The van der Waals surface area contributed by atoms with Gasteiger partial charge in [0, 0.05) is 6.61 Å². The van der Waals surface area contributed by atoms with Gasteiger partial charge in [0.25, 0.3) is 0 Å². The molecular weight excluding hydrogens is 144 g/mol. The summed E-state index contributed by atoms with van der Waals surface area (Å²) in [6, 6.07) is 0. The Labute approximate surface area is 66.5 Å². The summed E-state index contributed by atoms with van der Waals surface area (Å²) >= 11 is 2.09. The van der Waals surface area contributed by atoms with E-state index >= 15 is 0 Å². The van der Waals surface area contributed by atoms with Crippen LogP contribution < -0.4 is 0 Å². The van der Waals surface area contributed by atoms with Gasteiger partial charge in [-0.25, -0.2) is 0 Å². The Morgan fingerprint density at radius 3 is 2.90 bits per heavy atom. The first kappa shape index (κ1) is 6.99. The molecule has 0 aromatic heterocycles. The summed E-state index contributed by atoms with van der Waals surface area (Å²) in [7, 11) is 0. The van der Waals surface area contributed by atoms with Crippen LogP contribution in [0.2, 0.25) is 0 Å². The normalized spacial score (nSPS) is 40.8. The number of hydrogen-bond acceptors (Lipinski definition) is 2. The third kappa shape index (κ3) is 1.32. The van der Waals surface area contributed by atoms with Crippen molar-refractivity contribution < 1.29 is 4.74 Å². The monoisotopic (exact) mass is 158 g/mol. The molecule has 1 nitrogen and oxygen atoms in total. The molecule has 0 aromatic carbocycles. The van der Waals surface area contributed by atoms with Gasteiger partial charge < -0.3 is 4.74 Å².